The fraction of sp³-hybridized carbons (Fsp3) is 0.929. The summed E-state index contributed by atoms with van der Waals surface area (Å²) in [5.74, 6) is 1.77. The molecule has 1 heterocycles. The first-order valence-electron chi connectivity index (χ1n) is 7.53. The van der Waals surface area contributed by atoms with Crippen molar-refractivity contribution >= 4 is 29.6 Å². The monoisotopic (exact) mass is 369 g/mol. The molecule has 1 aliphatic heterocycles. The first-order valence-corrected chi connectivity index (χ1v) is 9.63. The summed E-state index contributed by atoms with van der Waals surface area (Å²) in [6, 6.07) is -0.809. The number of aliphatic hydroxyl groups excluding tert-OH is 4. The highest BCUT2D eigenvalue weighted by atomic mass is 32.2. The second-order valence-corrected chi connectivity index (χ2v) is 9.16. The summed E-state index contributed by atoms with van der Waals surface area (Å²) >= 11 is 3.15. The third-order valence-electron chi connectivity index (χ3n) is 3.13. The Bertz CT molecular complexity index is 373. The highest BCUT2D eigenvalue weighted by Gasteiger charge is 2.39. The van der Waals surface area contributed by atoms with Crippen LogP contribution >= 0.6 is 23.5 Å². The molecular weight excluding hydrogens is 342 g/mol. The Kier molecular flexibility index (Phi) is 8.46. The van der Waals surface area contributed by atoms with Crippen LogP contribution in [0.1, 0.15) is 27.2 Å². The number of hydrogen-bond acceptors (Lipinski definition) is 8. The number of hydrogen-bond donors (Lipinski definition) is 5. The van der Waals surface area contributed by atoms with Gasteiger partial charge in [-0.2, -0.15) is 0 Å². The van der Waals surface area contributed by atoms with Crippen LogP contribution in [0.3, 0.4) is 0 Å². The predicted octanol–water partition coefficient (Wildman–Crippen LogP) is 0.151. The molecule has 0 aromatic carbocycles. The van der Waals surface area contributed by atoms with Crippen molar-refractivity contribution in [1.82, 2.24) is 5.32 Å². The van der Waals surface area contributed by atoms with E-state index in [1.165, 1.54) is 0 Å². The van der Waals surface area contributed by atoms with Crippen LogP contribution in [0.15, 0.2) is 0 Å². The van der Waals surface area contributed by atoms with Crippen LogP contribution in [0.2, 0.25) is 0 Å². The normalized spacial score (nSPS) is 22.0. The van der Waals surface area contributed by atoms with E-state index in [1.54, 1.807) is 44.3 Å². The van der Waals surface area contributed by atoms with E-state index in [4.69, 9.17) is 9.84 Å². The van der Waals surface area contributed by atoms with Gasteiger partial charge in [0.15, 0.2) is 0 Å². The van der Waals surface area contributed by atoms with Gasteiger partial charge in [0.25, 0.3) is 0 Å². The highest BCUT2D eigenvalue weighted by molar-refractivity contribution is 8.17. The van der Waals surface area contributed by atoms with Gasteiger partial charge in [-0.25, -0.2) is 4.79 Å². The summed E-state index contributed by atoms with van der Waals surface area (Å²) in [6.45, 7) is 4.51. The average molecular weight is 370 g/mol. The van der Waals surface area contributed by atoms with E-state index in [-0.39, 0.29) is 4.58 Å². The number of carbonyl (C=O) groups is 1. The smallest absolute Gasteiger partial charge is 0.408 e. The predicted molar refractivity (Wildman–Crippen MR) is 91.6 cm³/mol. The van der Waals surface area contributed by atoms with Crippen LogP contribution in [0.4, 0.5) is 4.79 Å². The molecule has 1 fully saturated rings. The van der Waals surface area contributed by atoms with Crippen LogP contribution < -0.4 is 5.32 Å². The third-order valence-corrected chi connectivity index (χ3v) is 6.24. The van der Waals surface area contributed by atoms with Gasteiger partial charge in [0, 0.05) is 0 Å². The fourth-order valence-electron chi connectivity index (χ4n) is 2.02. The number of aliphatic hydroxyl groups is 4. The summed E-state index contributed by atoms with van der Waals surface area (Å²) in [6.07, 6.45) is -4.13. The molecule has 5 N–H and O–H groups in total. The summed E-state index contributed by atoms with van der Waals surface area (Å²) in [5.41, 5.74) is -0.685. The Labute approximate surface area is 145 Å². The van der Waals surface area contributed by atoms with Gasteiger partial charge in [-0.1, -0.05) is 0 Å². The fourth-order valence-corrected chi connectivity index (χ4v) is 5.12. The molecule has 0 aliphatic carbocycles. The number of rotatable bonds is 6. The van der Waals surface area contributed by atoms with Crippen molar-refractivity contribution in [3.05, 3.63) is 0 Å². The molecule has 0 saturated carbocycles. The van der Waals surface area contributed by atoms with Crippen molar-refractivity contribution in [1.29, 1.82) is 0 Å². The molecule has 0 aromatic rings. The van der Waals surface area contributed by atoms with Crippen molar-refractivity contribution in [3.8, 4) is 0 Å². The lowest BCUT2D eigenvalue weighted by Crippen LogP contribution is -2.57. The van der Waals surface area contributed by atoms with Gasteiger partial charge in [0.1, 0.15) is 23.9 Å². The minimum Gasteiger partial charge on any atom is -0.444 e. The molecule has 0 spiro atoms. The molecule has 9 heteroatoms. The molecule has 1 saturated heterocycles. The molecule has 0 radical (unpaired) electrons. The third kappa shape index (κ3) is 7.06. The Hall–Kier alpha value is -0.190. The number of ether oxygens (including phenoxy) is 1. The molecule has 23 heavy (non-hydrogen) atoms. The first-order chi connectivity index (χ1) is 10.7. The number of carbonyl (C=O) groups excluding carboxylic acids is 1. The van der Waals surface area contributed by atoms with Gasteiger partial charge in [0.2, 0.25) is 0 Å². The summed E-state index contributed by atoms with van der Waals surface area (Å²) in [5, 5.41) is 41.4. The molecule has 4 atom stereocenters. The zero-order valence-corrected chi connectivity index (χ0v) is 15.3. The van der Waals surface area contributed by atoms with Gasteiger partial charge in [-0.15, -0.1) is 23.5 Å². The largest absolute Gasteiger partial charge is 0.444 e. The molecule has 0 bridgehead atoms. The van der Waals surface area contributed by atoms with Gasteiger partial charge in [0.05, 0.1) is 17.2 Å². The topological polar surface area (TPSA) is 119 Å². The van der Waals surface area contributed by atoms with E-state index in [0.717, 1.165) is 17.9 Å². The van der Waals surface area contributed by atoms with Gasteiger partial charge < -0.3 is 30.5 Å². The lowest BCUT2D eigenvalue weighted by atomic mass is 10.0. The SMILES string of the molecule is CC(C)(C)OC(=O)N[C@@H](C1SCCCS1)[C@@H](O)[C@H](O)[C@H](O)CO. The van der Waals surface area contributed by atoms with E-state index in [9.17, 15) is 20.1 Å². The Morgan fingerprint density at radius 3 is 2.26 bits per heavy atom. The Morgan fingerprint density at radius 2 is 1.78 bits per heavy atom. The van der Waals surface area contributed by atoms with E-state index < -0.39 is 42.7 Å². The van der Waals surface area contributed by atoms with E-state index in [0.29, 0.717) is 0 Å². The first kappa shape index (κ1) is 20.9. The molecule has 7 nitrogen and oxygen atoms in total. The lowest BCUT2D eigenvalue weighted by Gasteiger charge is -2.36. The van der Waals surface area contributed by atoms with Crippen LogP contribution in [0, 0.1) is 0 Å². The van der Waals surface area contributed by atoms with Crippen molar-refractivity contribution < 1.29 is 30.0 Å². The zero-order valence-electron chi connectivity index (χ0n) is 13.6. The van der Waals surface area contributed by atoms with E-state index in [2.05, 4.69) is 5.32 Å². The average Bonchev–Trinajstić information content (AvgIpc) is 2.49. The molecule has 1 amide bonds. The maximum Gasteiger partial charge on any atom is 0.408 e. The standard InChI is InChI=1S/C14H27NO6S2/c1-14(2,3)21-13(20)15-9(12-22-5-4-6-23-12)11(19)10(18)8(17)7-16/h8-12,16-19H,4-7H2,1-3H3,(H,15,20)/t8-,9-,10-,11-/m1/s1. The number of amides is 1. The van der Waals surface area contributed by atoms with Gasteiger partial charge in [-0.3, -0.25) is 0 Å². The van der Waals surface area contributed by atoms with Crippen LogP contribution in [-0.2, 0) is 4.74 Å². The second kappa shape index (κ2) is 9.33. The Balaban J connectivity index is 2.81. The Morgan fingerprint density at radius 1 is 1.22 bits per heavy atom. The van der Waals surface area contributed by atoms with E-state index in [1.807, 2.05) is 0 Å². The van der Waals surface area contributed by atoms with E-state index >= 15 is 0 Å². The van der Waals surface area contributed by atoms with Gasteiger partial charge in [-0.05, 0) is 38.7 Å². The van der Waals surface area contributed by atoms with Crippen LogP contribution in [0.5, 0.6) is 0 Å². The van der Waals surface area contributed by atoms with Crippen LogP contribution in [-0.4, -0.2) is 79.2 Å². The lowest BCUT2D eigenvalue weighted by molar-refractivity contribution is -0.0854. The molecule has 1 aliphatic rings. The molecule has 1 rings (SSSR count). The second-order valence-electron chi connectivity index (χ2n) is 6.37. The van der Waals surface area contributed by atoms with Crippen molar-refractivity contribution in [2.45, 2.75) is 61.7 Å². The summed E-state index contributed by atoms with van der Waals surface area (Å²) in [7, 11) is 0. The minimum atomic E-state index is -1.57. The summed E-state index contributed by atoms with van der Waals surface area (Å²) < 4.78 is 5.03. The zero-order chi connectivity index (χ0) is 17.6. The van der Waals surface area contributed by atoms with Crippen LogP contribution in [0.25, 0.3) is 0 Å². The number of alkyl carbamates (subject to hydrolysis) is 1. The van der Waals surface area contributed by atoms with Gasteiger partial charge >= 0.3 is 6.09 Å². The molecule has 0 aromatic heterocycles. The quantitative estimate of drug-likeness (QED) is 0.449. The summed E-state index contributed by atoms with van der Waals surface area (Å²) in [4.78, 5) is 12.0. The number of nitrogens with one attached hydrogen (secondary N) is 1. The molecule has 136 valence electrons. The van der Waals surface area contributed by atoms with Crippen molar-refractivity contribution in [2.24, 2.45) is 0 Å². The molecular formula is C14H27NO6S2. The maximum absolute atomic E-state index is 12.0. The molecule has 0 unspecified atom stereocenters. The highest BCUT2D eigenvalue weighted by Crippen LogP contribution is 2.34. The van der Waals surface area contributed by atoms with Crippen molar-refractivity contribution in [3.63, 3.8) is 0 Å². The minimum absolute atomic E-state index is 0.174. The maximum atomic E-state index is 12.0. The number of thioether (sulfide) groups is 2. The van der Waals surface area contributed by atoms with Crippen molar-refractivity contribution in [2.75, 3.05) is 18.1 Å².